The van der Waals surface area contributed by atoms with Gasteiger partial charge in [-0.1, -0.05) is 44.4 Å². The Morgan fingerprint density at radius 2 is 2.00 bits per heavy atom. The van der Waals surface area contributed by atoms with Crippen molar-refractivity contribution in [3.63, 3.8) is 0 Å². The maximum atomic E-state index is 6.58. The number of hydrogen-bond donors (Lipinski definition) is 1. The minimum atomic E-state index is 0.110. The number of ether oxygens (including phenoxy) is 1. The van der Waals surface area contributed by atoms with Crippen molar-refractivity contribution in [3.05, 3.63) is 29.8 Å². The molecular formula is C18H29NO. The molecule has 2 rings (SSSR count). The van der Waals surface area contributed by atoms with Crippen LogP contribution in [0.4, 0.5) is 0 Å². The van der Waals surface area contributed by atoms with Crippen LogP contribution in [-0.4, -0.2) is 6.10 Å². The van der Waals surface area contributed by atoms with E-state index >= 15 is 0 Å². The fourth-order valence-electron chi connectivity index (χ4n) is 3.40. The normalized spacial score (nSPS) is 24.6. The second kappa shape index (κ2) is 7.12. The summed E-state index contributed by atoms with van der Waals surface area (Å²) in [5.74, 6) is 2.43. The number of para-hydroxylation sites is 1. The number of hydrogen-bond acceptors (Lipinski definition) is 2. The Morgan fingerprint density at radius 3 is 2.70 bits per heavy atom. The lowest BCUT2D eigenvalue weighted by Gasteiger charge is -2.33. The van der Waals surface area contributed by atoms with E-state index in [2.05, 4.69) is 39.0 Å². The van der Waals surface area contributed by atoms with Crippen molar-refractivity contribution in [2.24, 2.45) is 17.6 Å². The molecule has 2 heteroatoms. The van der Waals surface area contributed by atoms with Gasteiger partial charge in [-0.25, -0.2) is 0 Å². The van der Waals surface area contributed by atoms with E-state index < -0.39 is 0 Å². The molecule has 1 aliphatic rings. The van der Waals surface area contributed by atoms with E-state index in [-0.39, 0.29) is 12.1 Å². The van der Waals surface area contributed by atoms with Crippen LogP contribution in [0.5, 0.6) is 5.75 Å². The smallest absolute Gasteiger partial charge is 0.124 e. The maximum Gasteiger partial charge on any atom is 0.124 e. The number of rotatable bonds is 5. The molecule has 0 spiro atoms. The fourth-order valence-corrected chi connectivity index (χ4v) is 3.40. The fraction of sp³-hybridized carbons (Fsp3) is 0.667. The average Bonchev–Trinajstić information content (AvgIpc) is 2.46. The third-order valence-electron chi connectivity index (χ3n) is 4.55. The molecular weight excluding hydrogens is 246 g/mol. The molecule has 2 N–H and O–H groups in total. The van der Waals surface area contributed by atoms with Gasteiger partial charge in [0.25, 0.3) is 0 Å². The van der Waals surface area contributed by atoms with Gasteiger partial charge in [-0.15, -0.1) is 0 Å². The van der Waals surface area contributed by atoms with Crippen LogP contribution in [0.25, 0.3) is 0 Å². The van der Waals surface area contributed by atoms with E-state index in [0.29, 0.717) is 5.92 Å². The maximum absolute atomic E-state index is 6.58. The van der Waals surface area contributed by atoms with Crippen LogP contribution in [0.2, 0.25) is 0 Å². The first-order chi connectivity index (χ1) is 9.61. The molecule has 1 saturated carbocycles. The summed E-state index contributed by atoms with van der Waals surface area (Å²) < 4.78 is 5.93. The van der Waals surface area contributed by atoms with E-state index in [1.807, 2.05) is 6.07 Å². The molecule has 0 heterocycles. The van der Waals surface area contributed by atoms with Crippen molar-refractivity contribution in [2.45, 2.75) is 65.0 Å². The molecule has 1 aromatic carbocycles. The van der Waals surface area contributed by atoms with Gasteiger partial charge in [-0.2, -0.15) is 0 Å². The van der Waals surface area contributed by atoms with Crippen LogP contribution in [0.15, 0.2) is 24.3 Å². The van der Waals surface area contributed by atoms with Crippen molar-refractivity contribution in [1.29, 1.82) is 0 Å². The van der Waals surface area contributed by atoms with Crippen LogP contribution in [-0.2, 0) is 0 Å². The first-order valence-corrected chi connectivity index (χ1v) is 8.13. The van der Waals surface area contributed by atoms with Crippen molar-refractivity contribution in [1.82, 2.24) is 0 Å². The Hall–Kier alpha value is -1.02. The van der Waals surface area contributed by atoms with Crippen molar-refractivity contribution in [2.75, 3.05) is 0 Å². The summed E-state index contributed by atoms with van der Waals surface area (Å²) in [5, 5.41) is 0. The Kier molecular flexibility index (Phi) is 5.47. The zero-order valence-electron chi connectivity index (χ0n) is 13.1. The first-order valence-electron chi connectivity index (χ1n) is 8.13. The zero-order chi connectivity index (χ0) is 14.5. The second-order valence-electron chi connectivity index (χ2n) is 6.43. The van der Waals surface area contributed by atoms with Crippen LogP contribution < -0.4 is 10.5 Å². The monoisotopic (exact) mass is 275 g/mol. The largest absolute Gasteiger partial charge is 0.491 e. The van der Waals surface area contributed by atoms with Gasteiger partial charge < -0.3 is 10.5 Å². The summed E-state index contributed by atoms with van der Waals surface area (Å²) in [7, 11) is 0. The Bertz CT molecular complexity index is 416. The zero-order valence-corrected chi connectivity index (χ0v) is 13.1. The van der Waals surface area contributed by atoms with Gasteiger partial charge in [0.1, 0.15) is 5.75 Å². The second-order valence-corrected chi connectivity index (χ2v) is 6.43. The highest BCUT2D eigenvalue weighted by atomic mass is 16.5. The minimum absolute atomic E-state index is 0.110. The lowest BCUT2D eigenvalue weighted by atomic mass is 9.75. The summed E-state index contributed by atoms with van der Waals surface area (Å²) >= 11 is 0. The highest BCUT2D eigenvalue weighted by Crippen LogP contribution is 2.39. The van der Waals surface area contributed by atoms with Crippen molar-refractivity contribution < 1.29 is 4.74 Å². The van der Waals surface area contributed by atoms with E-state index in [4.69, 9.17) is 10.5 Å². The number of benzene rings is 1. The molecule has 1 fully saturated rings. The van der Waals surface area contributed by atoms with Gasteiger partial charge in [0.2, 0.25) is 0 Å². The molecule has 0 aliphatic heterocycles. The lowest BCUT2D eigenvalue weighted by Crippen LogP contribution is -2.27. The Labute approximate surface area is 123 Å². The molecule has 3 unspecified atom stereocenters. The topological polar surface area (TPSA) is 35.2 Å². The van der Waals surface area contributed by atoms with E-state index in [1.54, 1.807) is 0 Å². The molecule has 3 atom stereocenters. The van der Waals surface area contributed by atoms with E-state index in [9.17, 15) is 0 Å². The summed E-state index contributed by atoms with van der Waals surface area (Å²) in [4.78, 5) is 0. The van der Waals surface area contributed by atoms with Crippen LogP contribution in [0, 0.1) is 11.8 Å². The third-order valence-corrected chi connectivity index (χ3v) is 4.55. The molecule has 1 aliphatic carbocycles. The predicted molar refractivity (Wildman–Crippen MR) is 84.9 cm³/mol. The minimum Gasteiger partial charge on any atom is -0.491 e. The van der Waals surface area contributed by atoms with Crippen LogP contribution in [0.3, 0.4) is 0 Å². The number of nitrogens with two attached hydrogens (primary N) is 1. The summed E-state index contributed by atoms with van der Waals surface area (Å²) in [6, 6.07) is 8.40. The highest BCUT2D eigenvalue weighted by Gasteiger charge is 2.28. The van der Waals surface area contributed by atoms with Gasteiger partial charge in [0.05, 0.1) is 6.10 Å². The SMILES string of the molecule is CCC1CCCC(C(N)c2ccccc2OC(C)C)C1. The van der Waals surface area contributed by atoms with E-state index in [1.165, 1.54) is 37.7 Å². The van der Waals surface area contributed by atoms with E-state index in [0.717, 1.165) is 11.7 Å². The molecule has 0 aromatic heterocycles. The van der Waals surface area contributed by atoms with Gasteiger partial charge in [0, 0.05) is 11.6 Å². The molecule has 0 saturated heterocycles. The molecule has 112 valence electrons. The molecule has 0 amide bonds. The molecule has 2 nitrogen and oxygen atoms in total. The predicted octanol–water partition coefficient (Wildman–Crippen LogP) is 4.69. The van der Waals surface area contributed by atoms with Crippen molar-refractivity contribution in [3.8, 4) is 5.75 Å². The van der Waals surface area contributed by atoms with Crippen molar-refractivity contribution >= 4 is 0 Å². The Balaban J connectivity index is 2.13. The summed E-state index contributed by atoms with van der Waals surface area (Å²) in [6.07, 6.45) is 6.71. The van der Waals surface area contributed by atoms with Gasteiger partial charge in [0.15, 0.2) is 0 Å². The third kappa shape index (κ3) is 3.76. The van der Waals surface area contributed by atoms with Crippen LogP contribution >= 0.6 is 0 Å². The highest BCUT2D eigenvalue weighted by molar-refractivity contribution is 5.36. The van der Waals surface area contributed by atoms with Crippen LogP contribution in [0.1, 0.15) is 64.5 Å². The van der Waals surface area contributed by atoms with Gasteiger partial charge in [-0.05, 0) is 44.6 Å². The quantitative estimate of drug-likeness (QED) is 0.846. The average molecular weight is 275 g/mol. The summed E-state index contributed by atoms with van der Waals surface area (Å²) in [6.45, 7) is 6.43. The molecule has 0 radical (unpaired) electrons. The molecule has 1 aromatic rings. The van der Waals surface area contributed by atoms with Gasteiger partial charge >= 0.3 is 0 Å². The Morgan fingerprint density at radius 1 is 1.25 bits per heavy atom. The molecule has 20 heavy (non-hydrogen) atoms. The summed E-state index contributed by atoms with van der Waals surface area (Å²) in [5.41, 5.74) is 7.77. The lowest BCUT2D eigenvalue weighted by molar-refractivity contribution is 0.215. The molecule has 0 bridgehead atoms. The standard InChI is InChI=1S/C18H29NO/c1-4-14-8-7-9-15(12-14)18(19)16-10-5-6-11-17(16)20-13(2)3/h5-6,10-11,13-15,18H,4,7-9,12,19H2,1-3H3. The first kappa shape index (κ1) is 15.4. The van der Waals surface area contributed by atoms with Gasteiger partial charge in [-0.3, -0.25) is 0 Å².